The van der Waals surface area contributed by atoms with E-state index in [2.05, 4.69) is 141 Å². The molecule has 0 rings (SSSR count). The van der Waals surface area contributed by atoms with Crippen LogP contribution in [-0.4, -0.2) is 55.9 Å². The van der Waals surface area contributed by atoms with Crippen molar-refractivity contribution in [3.05, 3.63) is 0 Å². The summed E-state index contributed by atoms with van der Waals surface area (Å²) in [5.74, 6) is 1.17. The molecule has 0 heterocycles. The van der Waals surface area contributed by atoms with Gasteiger partial charge in [0.15, 0.2) is 0 Å². The Morgan fingerprint density at radius 2 is 0.897 bits per heavy atom. The van der Waals surface area contributed by atoms with Crippen LogP contribution in [0.4, 0.5) is 0 Å². The van der Waals surface area contributed by atoms with Crippen LogP contribution in [0.15, 0.2) is 0 Å². The standard InChI is InChI=1S/C20H50BP7S/c1-13(2,22)15(4,21)17(6,25)19(8,27)20(9,28)18(7,26)16(5,24)14(3,23)11-12-29-10/h11-12,21-28H2,1-10H3. The molecule has 0 radical (unpaired) electrons. The predicted molar refractivity (Wildman–Crippen MR) is 172 cm³/mol. The van der Waals surface area contributed by atoms with Crippen molar-refractivity contribution < 1.29 is 0 Å². The molecule has 0 aromatic carbocycles. The highest BCUT2D eigenvalue weighted by atomic mass is 32.2. The smallest absolute Gasteiger partial charge is 0.111 e. The Morgan fingerprint density at radius 3 is 1.21 bits per heavy atom. The zero-order chi connectivity index (χ0) is 24.1. The molecule has 29 heavy (non-hydrogen) atoms. The van der Waals surface area contributed by atoms with E-state index in [9.17, 15) is 0 Å². The molecule has 0 bridgehead atoms. The highest BCUT2D eigenvalue weighted by Crippen LogP contribution is 2.69. The van der Waals surface area contributed by atoms with Gasteiger partial charge in [-0.25, -0.2) is 0 Å². The van der Waals surface area contributed by atoms with Gasteiger partial charge in [-0.3, -0.25) is 0 Å². The van der Waals surface area contributed by atoms with Gasteiger partial charge in [-0.05, 0) is 39.2 Å². The molecule has 0 aliphatic heterocycles. The van der Waals surface area contributed by atoms with Crippen LogP contribution < -0.4 is 0 Å². The van der Waals surface area contributed by atoms with Crippen LogP contribution in [0.1, 0.15) is 68.7 Å². The molecule has 0 aliphatic rings. The van der Waals surface area contributed by atoms with Crippen LogP contribution in [0.3, 0.4) is 0 Å². The molecule has 9 heteroatoms. The SMILES string of the molecule is BC(C)(C(C)(C)P)C(C)(P)C(C)(P)C(C)(P)C(C)(P)C(C)(P)C(C)(P)CCSC. The van der Waals surface area contributed by atoms with Crippen LogP contribution in [-0.2, 0) is 0 Å². The molecule has 0 spiro atoms. The second-order valence-electron chi connectivity index (χ2n) is 11.5. The van der Waals surface area contributed by atoms with E-state index < -0.39 is 0 Å². The van der Waals surface area contributed by atoms with Gasteiger partial charge >= 0.3 is 0 Å². The normalized spacial score (nSPS) is 27.9. The lowest BCUT2D eigenvalue weighted by Gasteiger charge is -2.68. The summed E-state index contributed by atoms with van der Waals surface area (Å²) >= 11 is 1.93. The molecule has 0 aromatic rings. The van der Waals surface area contributed by atoms with Crippen molar-refractivity contribution >= 4 is 84.3 Å². The molecule has 174 valence electrons. The van der Waals surface area contributed by atoms with Crippen molar-refractivity contribution in [3.8, 4) is 0 Å². The molecule has 0 nitrogen and oxygen atoms in total. The van der Waals surface area contributed by atoms with Crippen molar-refractivity contribution in [2.45, 2.75) is 110 Å². The monoisotopic (exact) mass is 550 g/mol. The minimum absolute atomic E-state index is 0.0131. The number of hydrogen-bond donors (Lipinski definition) is 0. The zero-order valence-corrected chi connectivity index (χ0v) is 29.8. The van der Waals surface area contributed by atoms with Crippen molar-refractivity contribution in [2.75, 3.05) is 12.0 Å². The van der Waals surface area contributed by atoms with Crippen molar-refractivity contribution in [2.24, 2.45) is 0 Å². The maximum Gasteiger partial charge on any atom is 0.111 e. The lowest BCUT2D eigenvalue weighted by Crippen LogP contribution is -2.72. The van der Waals surface area contributed by atoms with Gasteiger partial charge in [0.2, 0.25) is 0 Å². The third-order valence-corrected chi connectivity index (χ3v) is 19.3. The Labute approximate surface area is 205 Å². The summed E-state index contributed by atoms with van der Waals surface area (Å²) in [6.45, 7) is 21.6. The predicted octanol–water partition coefficient (Wildman–Crippen LogP) is 6.01. The Morgan fingerprint density at radius 1 is 0.586 bits per heavy atom. The summed E-state index contributed by atoms with van der Waals surface area (Å²) in [5.41, 5.74) is 0. The first-order valence-electron chi connectivity index (χ1n) is 10.3. The topological polar surface area (TPSA) is 0 Å². The zero-order valence-electron chi connectivity index (χ0n) is 20.9. The summed E-state index contributed by atoms with van der Waals surface area (Å²) < 4.78 is 0. The first-order valence-corrected chi connectivity index (χ1v) is 15.8. The number of rotatable bonds is 10. The Hall–Kier alpha value is 3.42. The highest BCUT2D eigenvalue weighted by Gasteiger charge is 2.65. The van der Waals surface area contributed by atoms with Gasteiger partial charge in [0.1, 0.15) is 7.85 Å². The summed E-state index contributed by atoms with van der Waals surface area (Å²) in [6.07, 6.45) is 3.37. The molecule has 0 aliphatic carbocycles. The molecule has 0 fully saturated rings. The van der Waals surface area contributed by atoms with Gasteiger partial charge in [0, 0.05) is 20.6 Å². The van der Waals surface area contributed by atoms with Crippen molar-refractivity contribution in [1.29, 1.82) is 0 Å². The molecular weight excluding hydrogens is 500 g/mol. The first kappa shape index (κ1) is 32.4. The van der Waals surface area contributed by atoms with Gasteiger partial charge in [0.25, 0.3) is 0 Å². The lowest BCUT2D eigenvalue weighted by molar-refractivity contribution is 0.222. The third-order valence-electron chi connectivity index (χ3n) is 9.24. The summed E-state index contributed by atoms with van der Waals surface area (Å²) in [4.78, 5) is 0. The second kappa shape index (κ2) is 9.82. The Balaban J connectivity index is 6.57. The largest absolute Gasteiger partial charge is 0.165 e. The molecule has 0 aromatic heterocycles. The lowest BCUT2D eigenvalue weighted by atomic mass is 9.50. The molecular formula is C20H50BP7S. The summed E-state index contributed by atoms with van der Waals surface area (Å²) in [5, 5.41) is -0.0414. The second-order valence-corrected chi connectivity index (χ2v) is 21.0. The van der Waals surface area contributed by atoms with Gasteiger partial charge in [-0.1, -0.05) is 62.3 Å². The van der Waals surface area contributed by atoms with E-state index in [1.165, 1.54) is 12.2 Å². The fourth-order valence-electron chi connectivity index (χ4n) is 4.10. The Kier molecular flexibility index (Phi) is 11.0. The fourth-order valence-corrected chi connectivity index (χ4v) is 9.52. The molecule has 14 atom stereocenters. The van der Waals surface area contributed by atoms with E-state index in [1.54, 1.807) is 0 Å². The van der Waals surface area contributed by atoms with Gasteiger partial charge in [0.05, 0.1) is 0 Å². The van der Waals surface area contributed by atoms with Crippen LogP contribution >= 0.6 is 76.4 Å². The third kappa shape index (κ3) is 5.33. The minimum Gasteiger partial charge on any atom is -0.165 e. The van der Waals surface area contributed by atoms with Crippen LogP contribution in [0.2, 0.25) is 5.31 Å². The maximum absolute atomic E-state index is 3.30. The van der Waals surface area contributed by atoms with Crippen LogP contribution in [0.5, 0.6) is 0 Å². The average molecular weight is 550 g/mol. The molecule has 0 saturated heterocycles. The van der Waals surface area contributed by atoms with E-state index >= 15 is 0 Å². The summed E-state index contributed by atoms with van der Waals surface area (Å²) in [7, 11) is 25.1. The van der Waals surface area contributed by atoms with E-state index in [0.29, 0.717) is 0 Å². The van der Waals surface area contributed by atoms with E-state index in [4.69, 9.17) is 0 Å². The molecule has 14 unspecified atom stereocenters. The fraction of sp³-hybridized carbons (Fsp3) is 1.00. The summed E-state index contributed by atoms with van der Waals surface area (Å²) in [6, 6.07) is 0. The average Bonchev–Trinajstić information content (AvgIpc) is 2.50. The van der Waals surface area contributed by atoms with Crippen LogP contribution in [0.25, 0.3) is 0 Å². The van der Waals surface area contributed by atoms with E-state index in [1.807, 2.05) is 11.8 Å². The molecule has 0 saturated carbocycles. The van der Waals surface area contributed by atoms with Crippen LogP contribution in [0, 0.1) is 0 Å². The first-order chi connectivity index (χ1) is 12.3. The van der Waals surface area contributed by atoms with Gasteiger partial charge < -0.3 is 0 Å². The quantitative estimate of drug-likeness (QED) is 0.237. The van der Waals surface area contributed by atoms with Crippen molar-refractivity contribution in [3.63, 3.8) is 0 Å². The highest BCUT2D eigenvalue weighted by molar-refractivity contribution is 7.98. The molecule has 0 amide bonds. The van der Waals surface area contributed by atoms with Gasteiger partial charge in [-0.15, -0.1) is 64.7 Å². The number of thioether (sulfide) groups is 1. The van der Waals surface area contributed by atoms with Gasteiger partial charge in [-0.2, -0.15) is 11.8 Å². The van der Waals surface area contributed by atoms with Crippen molar-refractivity contribution in [1.82, 2.24) is 0 Å². The molecule has 0 N–H and O–H groups in total. The number of hydrogen-bond acceptors (Lipinski definition) is 1. The minimum atomic E-state index is -0.0906. The Bertz CT molecular complexity index is 576. The van der Waals surface area contributed by atoms with E-state index in [0.717, 1.165) is 0 Å². The van der Waals surface area contributed by atoms with E-state index in [-0.39, 0.29) is 41.4 Å². The maximum atomic E-state index is 3.30.